The highest BCUT2D eigenvalue weighted by molar-refractivity contribution is 14.0. The van der Waals surface area contributed by atoms with Crippen molar-refractivity contribution in [3.63, 3.8) is 0 Å². The summed E-state index contributed by atoms with van der Waals surface area (Å²) in [5.74, 6) is 1.33. The molecule has 2 heterocycles. The molecule has 7 nitrogen and oxygen atoms in total. The van der Waals surface area contributed by atoms with Gasteiger partial charge in [-0.25, -0.2) is 0 Å². The number of piperazine rings is 1. The van der Waals surface area contributed by atoms with Gasteiger partial charge in [-0.15, -0.1) is 24.0 Å². The van der Waals surface area contributed by atoms with Crippen LogP contribution in [0.4, 0.5) is 0 Å². The van der Waals surface area contributed by atoms with Gasteiger partial charge < -0.3 is 24.3 Å². The van der Waals surface area contributed by atoms with Gasteiger partial charge in [-0.1, -0.05) is 6.42 Å². The SMILES string of the molecule is CCOC1CC(NC(=NC)N2CCN(C(=O)c3ccco3)CC2)C12CCC2.I. The van der Waals surface area contributed by atoms with Gasteiger partial charge in [-0.05, 0) is 38.3 Å². The zero-order chi connectivity index (χ0) is 18.9. The number of rotatable bonds is 4. The van der Waals surface area contributed by atoms with Crippen molar-refractivity contribution in [2.45, 2.75) is 44.8 Å². The smallest absolute Gasteiger partial charge is 0.289 e. The predicted molar refractivity (Wildman–Crippen MR) is 118 cm³/mol. The summed E-state index contributed by atoms with van der Waals surface area (Å²) in [6.45, 7) is 5.78. The average molecular weight is 502 g/mol. The Bertz CT molecular complexity index is 682. The van der Waals surface area contributed by atoms with Gasteiger partial charge in [-0.2, -0.15) is 0 Å². The average Bonchev–Trinajstić information content (AvgIpc) is 3.17. The van der Waals surface area contributed by atoms with E-state index in [1.165, 1.54) is 19.3 Å². The molecule has 1 saturated heterocycles. The van der Waals surface area contributed by atoms with Crippen LogP contribution in [0.3, 0.4) is 0 Å². The summed E-state index contributed by atoms with van der Waals surface area (Å²) >= 11 is 0. The van der Waals surface area contributed by atoms with Gasteiger partial charge in [-0.3, -0.25) is 9.79 Å². The fraction of sp³-hybridized carbons (Fsp3) is 0.700. The number of guanidine groups is 1. The molecule has 2 aliphatic carbocycles. The maximum atomic E-state index is 12.4. The number of hydrogen-bond acceptors (Lipinski definition) is 4. The first-order chi connectivity index (χ1) is 13.2. The maximum absolute atomic E-state index is 12.4. The second-order valence-corrected chi connectivity index (χ2v) is 7.77. The van der Waals surface area contributed by atoms with Crippen LogP contribution >= 0.6 is 24.0 Å². The highest BCUT2D eigenvalue weighted by Crippen LogP contribution is 2.57. The molecule has 2 unspecified atom stereocenters. The van der Waals surface area contributed by atoms with E-state index in [4.69, 9.17) is 9.15 Å². The molecule has 1 aromatic rings. The summed E-state index contributed by atoms with van der Waals surface area (Å²) in [4.78, 5) is 21.0. The van der Waals surface area contributed by atoms with E-state index in [9.17, 15) is 4.79 Å². The minimum Gasteiger partial charge on any atom is -0.459 e. The minimum absolute atomic E-state index is 0. The van der Waals surface area contributed by atoms with E-state index in [1.807, 2.05) is 11.9 Å². The largest absolute Gasteiger partial charge is 0.459 e. The Morgan fingerprint density at radius 2 is 2.04 bits per heavy atom. The van der Waals surface area contributed by atoms with Gasteiger partial charge in [0.05, 0.1) is 12.4 Å². The van der Waals surface area contributed by atoms with Crippen molar-refractivity contribution in [2.75, 3.05) is 39.8 Å². The van der Waals surface area contributed by atoms with E-state index >= 15 is 0 Å². The molecule has 1 aliphatic heterocycles. The van der Waals surface area contributed by atoms with Crippen molar-refractivity contribution >= 4 is 35.8 Å². The number of carbonyl (C=O) groups excluding carboxylic acids is 1. The first-order valence-electron chi connectivity index (χ1n) is 10.1. The standard InChI is InChI=1S/C20H30N4O3.HI/c1-3-26-17-14-16(20(17)7-5-8-20)22-19(21-2)24-11-9-23(10-12-24)18(25)15-6-4-13-27-15;/h4,6,13,16-17H,3,5,7-12,14H2,1-2H3,(H,21,22);1H. The minimum atomic E-state index is -0.0328. The van der Waals surface area contributed by atoms with E-state index in [-0.39, 0.29) is 29.9 Å². The molecule has 8 heteroatoms. The number of carbonyl (C=O) groups is 1. The predicted octanol–water partition coefficient (Wildman–Crippen LogP) is 2.58. The quantitative estimate of drug-likeness (QED) is 0.390. The molecule has 1 amide bonds. The molecule has 0 aromatic carbocycles. The Hall–Kier alpha value is -1.29. The summed E-state index contributed by atoms with van der Waals surface area (Å²) in [5.41, 5.74) is 0.309. The second kappa shape index (κ2) is 9.02. The van der Waals surface area contributed by atoms with Crippen LogP contribution < -0.4 is 5.32 Å². The molecule has 0 radical (unpaired) electrons. The van der Waals surface area contributed by atoms with Crippen LogP contribution in [0.15, 0.2) is 27.8 Å². The number of nitrogens with one attached hydrogen (secondary N) is 1. The number of ether oxygens (including phenoxy) is 1. The van der Waals surface area contributed by atoms with Crippen LogP contribution in [0.1, 0.15) is 43.2 Å². The van der Waals surface area contributed by atoms with Crippen LogP contribution in [-0.4, -0.2) is 73.6 Å². The Morgan fingerprint density at radius 1 is 1.32 bits per heavy atom. The summed E-state index contributed by atoms with van der Waals surface area (Å²) in [6.07, 6.45) is 6.79. The van der Waals surface area contributed by atoms with E-state index in [0.717, 1.165) is 32.1 Å². The zero-order valence-electron chi connectivity index (χ0n) is 16.7. The van der Waals surface area contributed by atoms with E-state index in [1.54, 1.807) is 18.4 Å². The van der Waals surface area contributed by atoms with Crippen molar-refractivity contribution in [2.24, 2.45) is 10.4 Å². The normalized spacial score (nSPS) is 26.3. The monoisotopic (exact) mass is 502 g/mol. The molecule has 3 fully saturated rings. The van der Waals surface area contributed by atoms with Gasteiger partial charge in [0.1, 0.15) is 0 Å². The first-order valence-corrected chi connectivity index (χ1v) is 10.1. The van der Waals surface area contributed by atoms with Gasteiger partial charge in [0.2, 0.25) is 0 Å². The number of nitrogens with zero attached hydrogens (tertiary/aromatic N) is 3. The van der Waals surface area contributed by atoms with E-state index < -0.39 is 0 Å². The molecule has 1 N–H and O–H groups in total. The van der Waals surface area contributed by atoms with Crippen molar-refractivity contribution in [1.29, 1.82) is 0 Å². The van der Waals surface area contributed by atoms with Crippen LogP contribution in [0.25, 0.3) is 0 Å². The molecule has 2 atom stereocenters. The maximum Gasteiger partial charge on any atom is 0.289 e. The zero-order valence-corrected chi connectivity index (χ0v) is 19.1. The summed E-state index contributed by atoms with van der Waals surface area (Å²) < 4.78 is 11.2. The topological polar surface area (TPSA) is 70.3 Å². The molecular formula is C20H31IN4O3. The van der Waals surface area contributed by atoms with Crippen molar-refractivity contribution < 1.29 is 13.9 Å². The number of furan rings is 1. The molecule has 4 rings (SSSR count). The molecule has 2 saturated carbocycles. The molecular weight excluding hydrogens is 471 g/mol. The fourth-order valence-corrected chi connectivity index (χ4v) is 4.77. The van der Waals surface area contributed by atoms with Crippen LogP contribution in [0.5, 0.6) is 0 Å². The molecule has 1 spiro atoms. The number of aliphatic imine (C=N–C) groups is 1. The number of amides is 1. The molecule has 1 aromatic heterocycles. The molecule has 0 bridgehead atoms. The third-order valence-corrected chi connectivity index (χ3v) is 6.55. The van der Waals surface area contributed by atoms with Gasteiger partial charge >= 0.3 is 0 Å². The van der Waals surface area contributed by atoms with Crippen molar-refractivity contribution in [1.82, 2.24) is 15.1 Å². The van der Waals surface area contributed by atoms with Gasteiger partial charge in [0.15, 0.2) is 11.7 Å². The number of halogens is 1. The lowest BCUT2D eigenvalue weighted by Crippen LogP contribution is -2.69. The highest BCUT2D eigenvalue weighted by Gasteiger charge is 2.59. The Balaban J connectivity index is 0.00000225. The Kier molecular flexibility index (Phi) is 6.90. The molecule has 28 heavy (non-hydrogen) atoms. The highest BCUT2D eigenvalue weighted by atomic mass is 127. The lowest BCUT2D eigenvalue weighted by molar-refractivity contribution is -0.169. The Labute approximate surface area is 183 Å². The molecule has 156 valence electrons. The van der Waals surface area contributed by atoms with Crippen LogP contribution in [0, 0.1) is 5.41 Å². The summed E-state index contributed by atoms with van der Waals surface area (Å²) in [6, 6.07) is 3.92. The summed E-state index contributed by atoms with van der Waals surface area (Å²) in [5, 5.41) is 3.70. The van der Waals surface area contributed by atoms with Gasteiger partial charge in [0.25, 0.3) is 5.91 Å². The summed E-state index contributed by atoms with van der Waals surface area (Å²) in [7, 11) is 1.84. The van der Waals surface area contributed by atoms with Gasteiger partial charge in [0, 0.05) is 51.3 Å². The third-order valence-electron chi connectivity index (χ3n) is 6.55. The molecule has 3 aliphatic rings. The number of hydrogen-bond donors (Lipinski definition) is 1. The first kappa shape index (κ1) is 21.4. The van der Waals surface area contributed by atoms with Crippen molar-refractivity contribution in [3.05, 3.63) is 24.2 Å². The van der Waals surface area contributed by atoms with E-state index in [2.05, 4.69) is 22.1 Å². The Morgan fingerprint density at radius 3 is 2.57 bits per heavy atom. The lowest BCUT2D eigenvalue weighted by atomic mass is 9.51. The van der Waals surface area contributed by atoms with Crippen LogP contribution in [0.2, 0.25) is 0 Å². The second-order valence-electron chi connectivity index (χ2n) is 7.77. The van der Waals surface area contributed by atoms with E-state index in [0.29, 0.717) is 36.4 Å². The fourth-order valence-electron chi connectivity index (χ4n) is 4.77. The third kappa shape index (κ3) is 3.77. The van der Waals surface area contributed by atoms with Crippen molar-refractivity contribution in [3.8, 4) is 0 Å². The van der Waals surface area contributed by atoms with Crippen LogP contribution in [-0.2, 0) is 4.74 Å². The lowest BCUT2D eigenvalue weighted by Gasteiger charge is -2.61.